The van der Waals surface area contributed by atoms with Gasteiger partial charge in [0.25, 0.3) is 5.91 Å². The van der Waals surface area contributed by atoms with Crippen LogP contribution in [0.5, 0.6) is 0 Å². The number of nitrogens with one attached hydrogen (secondary N) is 1. The number of benzene rings is 2. The van der Waals surface area contributed by atoms with Crippen molar-refractivity contribution in [2.45, 2.75) is 13.0 Å². The van der Waals surface area contributed by atoms with E-state index in [9.17, 15) is 9.59 Å². The predicted molar refractivity (Wildman–Crippen MR) is 101 cm³/mol. The SMILES string of the molecule is C[C@H](OC(=O)c1cc2cc(Cl)ccc2o1)C(=O)Nc1ccc(C#N)c(Cl)c1. The number of nitrogens with zero attached hydrogens (tertiary/aromatic N) is 1. The molecule has 8 heteroatoms. The number of hydrogen-bond donors (Lipinski definition) is 1. The summed E-state index contributed by atoms with van der Waals surface area (Å²) in [5.74, 6) is -1.36. The minimum atomic E-state index is -1.08. The summed E-state index contributed by atoms with van der Waals surface area (Å²) in [6.07, 6.45) is -1.08. The van der Waals surface area contributed by atoms with Crippen molar-refractivity contribution < 1.29 is 18.7 Å². The van der Waals surface area contributed by atoms with E-state index in [0.717, 1.165) is 0 Å². The maximum atomic E-state index is 12.2. The molecule has 1 atom stereocenters. The van der Waals surface area contributed by atoms with E-state index < -0.39 is 18.0 Å². The highest BCUT2D eigenvalue weighted by atomic mass is 35.5. The van der Waals surface area contributed by atoms with Gasteiger partial charge in [0, 0.05) is 16.1 Å². The lowest BCUT2D eigenvalue weighted by atomic mass is 10.2. The van der Waals surface area contributed by atoms with Gasteiger partial charge in [-0.05, 0) is 49.4 Å². The molecule has 6 nitrogen and oxygen atoms in total. The second kappa shape index (κ2) is 7.70. The van der Waals surface area contributed by atoms with Crippen molar-refractivity contribution in [1.82, 2.24) is 0 Å². The maximum absolute atomic E-state index is 12.2. The number of hydrogen-bond acceptors (Lipinski definition) is 5. The molecule has 1 aromatic heterocycles. The Morgan fingerprint density at radius 2 is 1.96 bits per heavy atom. The summed E-state index contributed by atoms with van der Waals surface area (Å²) in [6, 6.07) is 12.8. The van der Waals surface area contributed by atoms with E-state index in [2.05, 4.69) is 5.32 Å². The van der Waals surface area contributed by atoms with Crippen molar-refractivity contribution in [3.05, 3.63) is 63.8 Å². The van der Waals surface area contributed by atoms with Gasteiger partial charge >= 0.3 is 5.97 Å². The molecule has 0 saturated carbocycles. The molecule has 0 bridgehead atoms. The van der Waals surface area contributed by atoms with Crippen LogP contribution in [-0.2, 0) is 9.53 Å². The minimum absolute atomic E-state index is 0.0339. The summed E-state index contributed by atoms with van der Waals surface area (Å²) >= 11 is 11.8. The van der Waals surface area contributed by atoms with E-state index in [1.54, 1.807) is 18.2 Å². The molecular formula is C19H12Cl2N2O4. The van der Waals surface area contributed by atoms with Gasteiger partial charge in [-0.15, -0.1) is 0 Å². The fourth-order valence-corrected chi connectivity index (χ4v) is 2.72. The zero-order valence-corrected chi connectivity index (χ0v) is 15.5. The lowest BCUT2D eigenvalue weighted by molar-refractivity contribution is -0.123. The van der Waals surface area contributed by atoms with Crippen LogP contribution < -0.4 is 5.32 Å². The quantitative estimate of drug-likeness (QED) is 0.632. The van der Waals surface area contributed by atoms with Crippen LogP contribution >= 0.6 is 23.2 Å². The number of halogens is 2. The first kappa shape index (κ1) is 18.8. The summed E-state index contributed by atoms with van der Waals surface area (Å²) in [7, 11) is 0. The van der Waals surface area contributed by atoms with Gasteiger partial charge in [-0.25, -0.2) is 4.79 Å². The lowest BCUT2D eigenvalue weighted by Gasteiger charge is -2.13. The predicted octanol–water partition coefficient (Wildman–Crippen LogP) is 4.80. The van der Waals surface area contributed by atoms with Crippen LogP contribution in [0.15, 0.2) is 46.9 Å². The van der Waals surface area contributed by atoms with Crippen LogP contribution in [0.2, 0.25) is 10.0 Å². The van der Waals surface area contributed by atoms with Crippen molar-refractivity contribution in [2.75, 3.05) is 5.32 Å². The minimum Gasteiger partial charge on any atom is -0.449 e. The summed E-state index contributed by atoms with van der Waals surface area (Å²) in [5, 5.41) is 12.8. The van der Waals surface area contributed by atoms with Crippen LogP contribution in [0.3, 0.4) is 0 Å². The van der Waals surface area contributed by atoms with Crippen molar-refractivity contribution in [1.29, 1.82) is 5.26 Å². The Hall–Kier alpha value is -3.01. The normalized spacial score (nSPS) is 11.6. The molecular weight excluding hydrogens is 391 g/mol. The molecule has 0 aliphatic heterocycles. The first-order chi connectivity index (χ1) is 12.9. The number of esters is 1. The second-order valence-corrected chi connectivity index (χ2v) is 6.48. The highest BCUT2D eigenvalue weighted by Crippen LogP contribution is 2.24. The third-order valence-corrected chi connectivity index (χ3v) is 4.24. The molecule has 0 fully saturated rings. The Morgan fingerprint density at radius 1 is 1.19 bits per heavy atom. The van der Waals surface area contributed by atoms with E-state index >= 15 is 0 Å². The number of amides is 1. The molecule has 136 valence electrons. The van der Waals surface area contributed by atoms with E-state index in [1.807, 2.05) is 6.07 Å². The van der Waals surface area contributed by atoms with Gasteiger partial charge in [-0.3, -0.25) is 4.79 Å². The molecule has 0 aliphatic rings. The van der Waals surface area contributed by atoms with Crippen LogP contribution in [0.4, 0.5) is 5.69 Å². The largest absolute Gasteiger partial charge is 0.449 e. The van der Waals surface area contributed by atoms with Crippen LogP contribution in [0, 0.1) is 11.3 Å². The molecule has 0 unspecified atom stereocenters. The molecule has 0 radical (unpaired) electrons. The van der Waals surface area contributed by atoms with E-state index in [4.69, 9.17) is 37.6 Å². The van der Waals surface area contributed by atoms with Gasteiger partial charge in [0.2, 0.25) is 5.76 Å². The third kappa shape index (κ3) is 4.22. The second-order valence-electron chi connectivity index (χ2n) is 5.64. The van der Waals surface area contributed by atoms with Crippen LogP contribution in [0.25, 0.3) is 11.0 Å². The van der Waals surface area contributed by atoms with Gasteiger partial charge in [-0.2, -0.15) is 5.26 Å². The first-order valence-electron chi connectivity index (χ1n) is 7.78. The van der Waals surface area contributed by atoms with E-state index in [-0.39, 0.29) is 10.8 Å². The Labute approximate surface area is 164 Å². The van der Waals surface area contributed by atoms with Gasteiger partial charge in [0.15, 0.2) is 6.10 Å². The molecule has 27 heavy (non-hydrogen) atoms. The molecule has 0 spiro atoms. The molecule has 1 N–H and O–H groups in total. The van der Waals surface area contributed by atoms with Crippen LogP contribution in [0.1, 0.15) is 23.0 Å². The fourth-order valence-electron chi connectivity index (χ4n) is 2.31. The summed E-state index contributed by atoms with van der Waals surface area (Å²) < 4.78 is 10.6. The number of ether oxygens (including phenoxy) is 1. The molecule has 3 aromatic rings. The Balaban J connectivity index is 1.67. The van der Waals surface area contributed by atoms with Crippen molar-refractivity contribution >= 4 is 51.7 Å². The Bertz CT molecular complexity index is 1080. The molecule has 1 amide bonds. The summed E-state index contributed by atoms with van der Waals surface area (Å²) in [6.45, 7) is 1.43. The van der Waals surface area contributed by atoms with Gasteiger partial charge in [0.1, 0.15) is 11.7 Å². The Morgan fingerprint density at radius 3 is 2.67 bits per heavy atom. The number of carbonyl (C=O) groups excluding carboxylic acids is 2. The van der Waals surface area contributed by atoms with Gasteiger partial charge < -0.3 is 14.5 Å². The fraction of sp³-hybridized carbons (Fsp3) is 0.105. The number of fused-ring (bicyclic) bond motifs is 1. The van der Waals surface area contributed by atoms with Gasteiger partial charge in [-0.1, -0.05) is 23.2 Å². The standard InChI is InChI=1S/C19H12Cl2N2O4/c1-10(18(24)23-14-4-2-11(9-22)15(21)8-14)26-19(25)17-7-12-6-13(20)3-5-16(12)27-17/h2-8,10H,1H3,(H,23,24)/t10-/m0/s1. The first-order valence-corrected chi connectivity index (χ1v) is 8.53. The molecule has 2 aromatic carbocycles. The zero-order valence-electron chi connectivity index (χ0n) is 14.0. The van der Waals surface area contributed by atoms with Crippen molar-refractivity contribution in [3.63, 3.8) is 0 Å². The zero-order chi connectivity index (χ0) is 19.6. The van der Waals surface area contributed by atoms with E-state index in [1.165, 1.54) is 31.2 Å². The molecule has 0 saturated heterocycles. The summed E-state index contributed by atoms with van der Waals surface area (Å²) in [5.41, 5.74) is 1.15. The lowest BCUT2D eigenvalue weighted by Crippen LogP contribution is -2.29. The Kier molecular flexibility index (Phi) is 5.36. The van der Waals surface area contributed by atoms with Gasteiger partial charge in [0.05, 0.1) is 10.6 Å². The molecule has 1 heterocycles. The van der Waals surface area contributed by atoms with Crippen molar-refractivity contribution in [2.24, 2.45) is 0 Å². The summed E-state index contributed by atoms with van der Waals surface area (Å²) in [4.78, 5) is 24.4. The van der Waals surface area contributed by atoms with Crippen LogP contribution in [-0.4, -0.2) is 18.0 Å². The number of furan rings is 1. The van der Waals surface area contributed by atoms with Crippen molar-refractivity contribution in [3.8, 4) is 6.07 Å². The average molecular weight is 403 g/mol. The smallest absolute Gasteiger partial charge is 0.375 e. The molecule has 3 rings (SSSR count). The number of nitriles is 1. The number of anilines is 1. The third-order valence-electron chi connectivity index (χ3n) is 3.69. The highest BCUT2D eigenvalue weighted by Gasteiger charge is 2.22. The number of carbonyl (C=O) groups is 2. The topological polar surface area (TPSA) is 92.3 Å². The highest BCUT2D eigenvalue weighted by molar-refractivity contribution is 6.32. The number of rotatable bonds is 4. The average Bonchev–Trinajstić information content (AvgIpc) is 3.05. The maximum Gasteiger partial charge on any atom is 0.375 e. The monoisotopic (exact) mass is 402 g/mol. The van der Waals surface area contributed by atoms with E-state index in [0.29, 0.717) is 27.2 Å². The molecule has 0 aliphatic carbocycles.